The predicted octanol–water partition coefficient (Wildman–Crippen LogP) is 1.98. The van der Waals surface area contributed by atoms with Crippen LogP contribution in [0, 0.1) is 0 Å². The zero-order valence-electron chi connectivity index (χ0n) is 16.0. The summed E-state index contributed by atoms with van der Waals surface area (Å²) in [5.74, 6) is 0.0297. The van der Waals surface area contributed by atoms with Gasteiger partial charge in [0.2, 0.25) is 10.0 Å². The van der Waals surface area contributed by atoms with Crippen LogP contribution in [0.5, 0.6) is 0 Å². The molecule has 1 fully saturated rings. The Morgan fingerprint density at radius 1 is 1.03 bits per heavy atom. The van der Waals surface area contributed by atoms with Gasteiger partial charge in [0, 0.05) is 29.9 Å². The van der Waals surface area contributed by atoms with Crippen molar-refractivity contribution in [2.75, 3.05) is 31.6 Å². The van der Waals surface area contributed by atoms with Crippen molar-refractivity contribution in [3.05, 3.63) is 59.7 Å². The highest BCUT2D eigenvalue weighted by atomic mass is 32.2. The number of hydrogen-bond donors (Lipinski definition) is 2. The molecule has 1 aliphatic heterocycles. The number of anilines is 1. The Balaban J connectivity index is 1.39. The van der Waals surface area contributed by atoms with Gasteiger partial charge in [-0.15, -0.1) is 0 Å². The Kier molecular flexibility index (Phi) is 5.91. The number of rotatable bonds is 4. The van der Waals surface area contributed by atoms with E-state index in [1.807, 2.05) is 18.2 Å². The molecule has 0 aromatic heterocycles. The summed E-state index contributed by atoms with van der Waals surface area (Å²) < 4.78 is 32.0. The fraction of sp³-hybridized carbons (Fsp3) is 0.250. The normalized spacial score (nSPS) is 18.3. The first-order valence-corrected chi connectivity index (χ1v) is 11.2. The average molecular weight is 445 g/mol. The molecular formula is C20H20N4O4S2. The van der Waals surface area contributed by atoms with Crippen molar-refractivity contribution in [2.45, 2.75) is 11.3 Å². The van der Waals surface area contributed by atoms with Crippen LogP contribution in [0.15, 0.2) is 58.5 Å². The maximum absolute atomic E-state index is 12.7. The topological polar surface area (TPSA) is 100 Å². The second-order valence-corrected chi connectivity index (χ2v) is 9.16. The molecule has 0 radical (unpaired) electrons. The molecule has 0 atom stereocenters. The number of carbonyl (C=O) groups excluding carboxylic acids is 1. The van der Waals surface area contributed by atoms with Crippen LogP contribution in [0.25, 0.3) is 0 Å². The average Bonchev–Trinajstić information content (AvgIpc) is 3.09. The van der Waals surface area contributed by atoms with E-state index in [1.165, 1.54) is 16.4 Å². The first-order valence-electron chi connectivity index (χ1n) is 9.39. The van der Waals surface area contributed by atoms with Crippen LogP contribution < -0.4 is 10.7 Å². The summed E-state index contributed by atoms with van der Waals surface area (Å²) >= 11 is 5.25. The zero-order chi connectivity index (χ0) is 21.1. The van der Waals surface area contributed by atoms with Crippen molar-refractivity contribution in [1.29, 1.82) is 0 Å². The number of ketones is 1. The Morgan fingerprint density at radius 2 is 1.70 bits per heavy atom. The number of morpholine rings is 1. The molecule has 1 saturated heterocycles. The summed E-state index contributed by atoms with van der Waals surface area (Å²) in [4.78, 5) is 12.2. The van der Waals surface area contributed by atoms with Crippen LogP contribution in [0.1, 0.15) is 22.3 Å². The van der Waals surface area contributed by atoms with Gasteiger partial charge < -0.3 is 10.1 Å². The third-order valence-corrected chi connectivity index (χ3v) is 6.99. The van der Waals surface area contributed by atoms with E-state index in [2.05, 4.69) is 15.8 Å². The van der Waals surface area contributed by atoms with Crippen molar-refractivity contribution in [2.24, 2.45) is 5.10 Å². The summed E-state index contributed by atoms with van der Waals surface area (Å²) in [5, 5.41) is 7.45. The lowest BCUT2D eigenvalue weighted by Gasteiger charge is -2.26. The van der Waals surface area contributed by atoms with Gasteiger partial charge in [-0.25, -0.2) is 8.42 Å². The Bertz CT molecular complexity index is 1110. The standard InChI is InChI=1S/C20H20N4O4S2/c25-19-13-18(16-3-1-2-4-17(16)19)22-23-20(29)21-14-5-7-15(8-6-14)30(26,27)24-9-11-28-12-10-24/h1-8H,9-13H2,(H2,21,23,29). The fourth-order valence-corrected chi connectivity index (χ4v) is 4.92. The molecule has 0 unspecified atom stereocenters. The van der Waals surface area contributed by atoms with E-state index in [-0.39, 0.29) is 22.2 Å². The third kappa shape index (κ3) is 4.26. The predicted molar refractivity (Wildman–Crippen MR) is 117 cm³/mol. The quantitative estimate of drug-likeness (QED) is 0.549. The largest absolute Gasteiger partial charge is 0.379 e. The number of carbonyl (C=O) groups is 1. The molecule has 8 nitrogen and oxygen atoms in total. The smallest absolute Gasteiger partial charge is 0.243 e. The fourth-order valence-electron chi connectivity index (χ4n) is 3.34. The van der Waals surface area contributed by atoms with Gasteiger partial charge in [0.15, 0.2) is 10.9 Å². The summed E-state index contributed by atoms with van der Waals surface area (Å²) in [5.41, 5.74) is 5.46. The van der Waals surface area contributed by atoms with Crippen LogP contribution in [0.4, 0.5) is 5.69 Å². The number of nitrogens with one attached hydrogen (secondary N) is 2. The van der Waals surface area contributed by atoms with Gasteiger partial charge in [-0.1, -0.05) is 24.3 Å². The maximum atomic E-state index is 12.7. The molecule has 1 aliphatic carbocycles. The van der Waals surface area contributed by atoms with Gasteiger partial charge in [0.05, 0.1) is 30.2 Å². The molecule has 156 valence electrons. The van der Waals surface area contributed by atoms with Crippen LogP contribution in [-0.4, -0.2) is 55.6 Å². The van der Waals surface area contributed by atoms with Gasteiger partial charge in [-0.2, -0.15) is 9.41 Å². The zero-order valence-corrected chi connectivity index (χ0v) is 17.6. The lowest BCUT2D eigenvalue weighted by molar-refractivity contribution is 0.0730. The minimum atomic E-state index is -3.54. The maximum Gasteiger partial charge on any atom is 0.243 e. The highest BCUT2D eigenvalue weighted by Crippen LogP contribution is 2.22. The van der Waals surface area contributed by atoms with Gasteiger partial charge in [-0.05, 0) is 36.5 Å². The molecule has 0 amide bonds. The van der Waals surface area contributed by atoms with E-state index < -0.39 is 10.0 Å². The molecule has 0 spiro atoms. The number of ether oxygens (including phenoxy) is 1. The highest BCUT2D eigenvalue weighted by Gasteiger charge is 2.26. The number of nitrogens with zero attached hydrogens (tertiary/aromatic N) is 2. The van der Waals surface area contributed by atoms with Gasteiger partial charge in [-0.3, -0.25) is 10.2 Å². The molecule has 4 rings (SSSR count). The summed E-state index contributed by atoms with van der Waals surface area (Å²) in [6.07, 6.45) is 0.225. The minimum Gasteiger partial charge on any atom is -0.379 e. The molecule has 1 heterocycles. The molecule has 2 aromatic carbocycles. The number of fused-ring (bicyclic) bond motifs is 1. The highest BCUT2D eigenvalue weighted by molar-refractivity contribution is 7.89. The van der Waals surface area contributed by atoms with Gasteiger partial charge in [0.25, 0.3) is 0 Å². The van der Waals surface area contributed by atoms with Crippen molar-refractivity contribution < 1.29 is 17.9 Å². The van der Waals surface area contributed by atoms with E-state index in [0.717, 1.165) is 5.56 Å². The van der Waals surface area contributed by atoms with E-state index >= 15 is 0 Å². The van der Waals surface area contributed by atoms with Gasteiger partial charge in [0.1, 0.15) is 0 Å². The third-order valence-electron chi connectivity index (χ3n) is 4.88. The molecule has 30 heavy (non-hydrogen) atoms. The van der Waals surface area contributed by atoms with Crippen molar-refractivity contribution in [3.63, 3.8) is 0 Å². The van der Waals surface area contributed by atoms with Crippen molar-refractivity contribution in [1.82, 2.24) is 9.73 Å². The number of benzene rings is 2. The molecular weight excluding hydrogens is 424 g/mol. The van der Waals surface area contributed by atoms with Crippen LogP contribution in [0.2, 0.25) is 0 Å². The van der Waals surface area contributed by atoms with E-state index in [9.17, 15) is 13.2 Å². The number of hydrogen-bond acceptors (Lipinski definition) is 6. The number of sulfonamides is 1. The van der Waals surface area contributed by atoms with E-state index in [1.54, 1.807) is 18.2 Å². The van der Waals surface area contributed by atoms with Crippen molar-refractivity contribution >= 4 is 44.5 Å². The number of thiocarbonyl (C=S) groups is 1. The van der Waals surface area contributed by atoms with E-state index in [0.29, 0.717) is 43.3 Å². The summed E-state index contributed by atoms with van der Waals surface area (Å²) in [6, 6.07) is 13.7. The summed E-state index contributed by atoms with van der Waals surface area (Å²) in [7, 11) is -3.54. The first kappa shape index (κ1) is 20.6. The molecule has 2 aliphatic rings. The first-order chi connectivity index (χ1) is 14.4. The molecule has 10 heteroatoms. The monoisotopic (exact) mass is 444 g/mol. The Morgan fingerprint density at radius 3 is 2.40 bits per heavy atom. The molecule has 0 bridgehead atoms. The lowest BCUT2D eigenvalue weighted by Crippen LogP contribution is -2.40. The second-order valence-electron chi connectivity index (χ2n) is 6.81. The number of hydrazone groups is 1. The van der Waals surface area contributed by atoms with Gasteiger partial charge >= 0.3 is 0 Å². The van der Waals surface area contributed by atoms with Crippen molar-refractivity contribution in [3.8, 4) is 0 Å². The number of Topliss-reactive ketones (excluding diaryl/α,β-unsaturated/α-hetero) is 1. The minimum absolute atomic E-state index is 0.0297. The SMILES string of the molecule is O=C1CC(=NNC(=S)Nc2ccc(S(=O)(=O)N3CCOCC3)cc2)c2ccccc21. The Hall–Kier alpha value is -2.66. The van der Waals surface area contributed by atoms with E-state index in [4.69, 9.17) is 17.0 Å². The molecule has 0 saturated carbocycles. The summed E-state index contributed by atoms with van der Waals surface area (Å²) in [6.45, 7) is 1.50. The van der Waals surface area contributed by atoms with Crippen LogP contribution >= 0.6 is 12.2 Å². The molecule has 2 aromatic rings. The lowest BCUT2D eigenvalue weighted by atomic mass is 10.1. The molecule has 2 N–H and O–H groups in total. The second kappa shape index (κ2) is 8.60. The van der Waals surface area contributed by atoms with Crippen LogP contribution in [0.3, 0.4) is 0 Å². The van der Waals surface area contributed by atoms with Crippen LogP contribution in [-0.2, 0) is 14.8 Å². The Labute approximate surface area is 180 Å².